The molecule has 0 bridgehead atoms. The number of rotatable bonds is 2. The predicted molar refractivity (Wildman–Crippen MR) is 68.9 cm³/mol. The standard InChI is InChI=1S/C15H10FNO2/c16-12-7-3-1-5-10(12)15-17-13-8-4-2-6-11(13)14(9-18)19-15/h1-9,14H. The molecule has 1 aliphatic heterocycles. The molecule has 1 heterocycles. The van der Waals surface area contributed by atoms with E-state index in [0.29, 0.717) is 17.5 Å². The van der Waals surface area contributed by atoms with Gasteiger partial charge in [-0.15, -0.1) is 0 Å². The number of halogens is 1. The summed E-state index contributed by atoms with van der Waals surface area (Å²) in [4.78, 5) is 15.4. The number of para-hydroxylation sites is 1. The minimum Gasteiger partial charge on any atom is -0.461 e. The van der Waals surface area contributed by atoms with E-state index < -0.39 is 11.9 Å². The molecule has 0 amide bonds. The highest BCUT2D eigenvalue weighted by Gasteiger charge is 2.25. The van der Waals surface area contributed by atoms with Crippen molar-refractivity contribution in [1.29, 1.82) is 0 Å². The van der Waals surface area contributed by atoms with Gasteiger partial charge in [0.2, 0.25) is 5.90 Å². The van der Waals surface area contributed by atoms with Gasteiger partial charge in [0.1, 0.15) is 5.82 Å². The van der Waals surface area contributed by atoms with Crippen molar-refractivity contribution in [3.05, 3.63) is 65.5 Å². The monoisotopic (exact) mass is 255 g/mol. The van der Waals surface area contributed by atoms with E-state index in [1.54, 1.807) is 30.3 Å². The fourth-order valence-electron chi connectivity index (χ4n) is 2.01. The van der Waals surface area contributed by atoms with E-state index in [2.05, 4.69) is 4.99 Å². The first-order valence-corrected chi connectivity index (χ1v) is 5.84. The van der Waals surface area contributed by atoms with Gasteiger partial charge in [0.05, 0.1) is 11.3 Å². The molecule has 19 heavy (non-hydrogen) atoms. The summed E-state index contributed by atoms with van der Waals surface area (Å²) in [7, 11) is 0. The molecule has 3 rings (SSSR count). The molecule has 0 N–H and O–H groups in total. The first-order chi connectivity index (χ1) is 9.29. The van der Waals surface area contributed by atoms with Crippen LogP contribution >= 0.6 is 0 Å². The Balaban J connectivity index is 2.13. The van der Waals surface area contributed by atoms with Crippen LogP contribution in [0.2, 0.25) is 0 Å². The molecule has 0 saturated heterocycles. The van der Waals surface area contributed by atoms with Gasteiger partial charge < -0.3 is 4.74 Å². The second kappa shape index (κ2) is 4.65. The van der Waals surface area contributed by atoms with E-state index in [-0.39, 0.29) is 11.5 Å². The largest absolute Gasteiger partial charge is 0.461 e. The van der Waals surface area contributed by atoms with Crippen LogP contribution in [-0.4, -0.2) is 12.2 Å². The SMILES string of the molecule is O=CC1OC(c2ccccc2F)=Nc2ccccc21. The quantitative estimate of drug-likeness (QED) is 0.773. The number of ether oxygens (including phenoxy) is 1. The number of aliphatic imine (C=N–C) groups is 1. The highest BCUT2D eigenvalue weighted by atomic mass is 19.1. The van der Waals surface area contributed by atoms with Crippen LogP contribution in [0.1, 0.15) is 17.2 Å². The Hall–Kier alpha value is -2.49. The number of aldehydes is 1. The highest BCUT2D eigenvalue weighted by molar-refractivity contribution is 5.98. The highest BCUT2D eigenvalue weighted by Crippen LogP contribution is 2.33. The van der Waals surface area contributed by atoms with Crippen molar-refractivity contribution in [1.82, 2.24) is 0 Å². The van der Waals surface area contributed by atoms with Crippen LogP contribution in [0.4, 0.5) is 10.1 Å². The Labute approximate surface area is 109 Å². The summed E-state index contributed by atoms with van der Waals surface area (Å²) < 4.78 is 19.2. The lowest BCUT2D eigenvalue weighted by atomic mass is 10.1. The summed E-state index contributed by atoms with van der Waals surface area (Å²) in [6, 6.07) is 13.4. The third-order valence-corrected chi connectivity index (χ3v) is 2.93. The van der Waals surface area contributed by atoms with E-state index in [9.17, 15) is 9.18 Å². The molecule has 0 aromatic heterocycles. The summed E-state index contributed by atoms with van der Waals surface area (Å²) in [5, 5.41) is 0. The van der Waals surface area contributed by atoms with Crippen molar-refractivity contribution in [3.8, 4) is 0 Å². The zero-order chi connectivity index (χ0) is 13.2. The molecule has 4 heteroatoms. The summed E-state index contributed by atoms with van der Waals surface area (Å²) in [6.07, 6.45) is -0.0581. The van der Waals surface area contributed by atoms with Crippen molar-refractivity contribution < 1.29 is 13.9 Å². The molecule has 1 atom stereocenters. The number of carbonyl (C=O) groups is 1. The fourth-order valence-corrected chi connectivity index (χ4v) is 2.01. The average Bonchev–Trinajstić information content (AvgIpc) is 2.46. The molecule has 94 valence electrons. The second-order valence-electron chi connectivity index (χ2n) is 4.13. The lowest BCUT2D eigenvalue weighted by molar-refractivity contribution is -0.114. The number of carbonyl (C=O) groups excluding carboxylic acids is 1. The predicted octanol–water partition coefficient (Wildman–Crippen LogP) is 3.17. The molecule has 1 aliphatic rings. The minimum absolute atomic E-state index is 0.133. The molecule has 1 unspecified atom stereocenters. The third kappa shape index (κ3) is 2.01. The third-order valence-electron chi connectivity index (χ3n) is 2.93. The number of fused-ring (bicyclic) bond motifs is 1. The Morgan fingerprint density at radius 3 is 2.63 bits per heavy atom. The van der Waals surface area contributed by atoms with E-state index in [0.717, 1.165) is 0 Å². The first kappa shape index (κ1) is 11.6. The molecule has 2 aromatic rings. The molecular formula is C15H10FNO2. The Morgan fingerprint density at radius 2 is 1.84 bits per heavy atom. The van der Waals surface area contributed by atoms with Gasteiger partial charge in [0.25, 0.3) is 0 Å². The van der Waals surface area contributed by atoms with Gasteiger partial charge in [-0.05, 0) is 18.2 Å². The lowest BCUT2D eigenvalue weighted by Crippen LogP contribution is -2.18. The van der Waals surface area contributed by atoms with Gasteiger partial charge in [0, 0.05) is 5.56 Å². The van der Waals surface area contributed by atoms with E-state index >= 15 is 0 Å². The maximum Gasteiger partial charge on any atom is 0.225 e. The number of hydrogen-bond acceptors (Lipinski definition) is 3. The van der Waals surface area contributed by atoms with Crippen LogP contribution in [0.15, 0.2) is 53.5 Å². The fraction of sp³-hybridized carbons (Fsp3) is 0.0667. The summed E-state index contributed by atoms with van der Waals surface area (Å²) in [5.74, 6) is -0.292. The zero-order valence-electron chi connectivity index (χ0n) is 9.92. The summed E-state index contributed by atoms with van der Waals surface area (Å²) in [6.45, 7) is 0. The molecule has 0 spiro atoms. The van der Waals surface area contributed by atoms with Gasteiger partial charge >= 0.3 is 0 Å². The van der Waals surface area contributed by atoms with Crippen molar-refractivity contribution >= 4 is 17.9 Å². The summed E-state index contributed by atoms with van der Waals surface area (Å²) >= 11 is 0. The molecular weight excluding hydrogens is 245 g/mol. The van der Waals surface area contributed by atoms with Crippen LogP contribution in [0, 0.1) is 5.82 Å². The average molecular weight is 255 g/mol. The Kier molecular flexibility index (Phi) is 2.83. The smallest absolute Gasteiger partial charge is 0.225 e. The molecule has 3 nitrogen and oxygen atoms in total. The molecule has 2 aromatic carbocycles. The molecule has 0 radical (unpaired) electrons. The molecule has 0 saturated carbocycles. The summed E-state index contributed by atoms with van der Waals surface area (Å²) in [5.41, 5.74) is 1.57. The normalized spacial score (nSPS) is 17.1. The number of nitrogens with zero attached hydrogens (tertiary/aromatic N) is 1. The number of hydrogen-bond donors (Lipinski definition) is 0. The van der Waals surface area contributed by atoms with Gasteiger partial charge in [-0.2, -0.15) is 0 Å². The first-order valence-electron chi connectivity index (χ1n) is 5.84. The van der Waals surface area contributed by atoms with Crippen molar-refractivity contribution in [2.75, 3.05) is 0 Å². The van der Waals surface area contributed by atoms with Crippen LogP contribution in [0.3, 0.4) is 0 Å². The van der Waals surface area contributed by atoms with Crippen LogP contribution < -0.4 is 0 Å². The van der Waals surface area contributed by atoms with Crippen LogP contribution in [0.5, 0.6) is 0 Å². The maximum atomic E-state index is 13.7. The van der Waals surface area contributed by atoms with Gasteiger partial charge in [-0.25, -0.2) is 9.38 Å². The van der Waals surface area contributed by atoms with Crippen molar-refractivity contribution in [2.45, 2.75) is 6.10 Å². The maximum absolute atomic E-state index is 13.7. The Morgan fingerprint density at radius 1 is 1.11 bits per heavy atom. The molecule has 0 fully saturated rings. The van der Waals surface area contributed by atoms with Crippen LogP contribution in [-0.2, 0) is 9.53 Å². The van der Waals surface area contributed by atoms with Crippen molar-refractivity contribution in [2.24, 2.45) is 4.99 Å². The topological polar surface area (TPSA) is 38.7 Å². The van der Waals surface area contributed by atoms with Gasteiger partial charge in [0.15, 0.2) is 12.4 Å². The zero-order valence-corrected chi connectivity index (χ0v) is 9.92. The van der Waals surface area contributed by atoms with Crippen molar-refractivity contribution in [3.63, 3.8) is 0 Å². The Bertz CT molecular complexity index is 667. The minimum atomic E-state index is -0.747. The van der Waals surface area contributed by atoms with Crippen LogP contribution in [0.25, 0.3) is 0 Å². The van der Waals surface area contributed by atoms with Gasteiger partial charge in [-0.3, -0.25) is 4.79 Å². The lowest BCUT2D eigenvalue weighted by Gasteiger charge is -2.22. The van der Waals surface area contributed by atoms with E-state index in [1.807, 2.05) is 12.1 Å². The van der Waals surface area contributed by atoms with E-state index in [4.69, 9.17) is 4.74 Å². The second-order valence-corrected chi connectivity index (χ2v) is 4.13. The van der Waals surface area contributed by atoms with Gasteiger partial charge in [-0.1, -0.05) is 30.3 Å². The van der Waals surface area contributed by atoms with E-state index in [1.165, 1.54) is 6.07 Å². The number of benzene rings is 2. The molecule has 0 aliphatic carbocycles.